The summed E-state index contributed by atoms with van der Waals surface area (Å²) in [4.78, 5) is 48.4. The van der Waals surface area contributed by atoms with Gasteiger partial charge in [0.25, 0.3) is 11.8 Å². The third kappa shape index (κ3) is 9.20. The average molecular weight is 623 g/mol. The molecule has 6 rings (SSSR count). The number of aromatic nitrogens is 6. The van der Waals surface area contributed by atoms with Crippen LogP contribution < -0.4 is 21.3 Å². The number of thiazole rings is 2. The highest BCUT2D eigenvalue weighted by Crippen LogP contribution is 2.20. The molecule has 0 aliphatic rings. The number of nitrogens with zero attached hydrogens (tertiary/aromatic N) is 6. The summed E-state index contributed by atoms with van der Waals surface area (Å²) in [7, 11) is 0. The van der Waals surface area contributed by atoms with Crippen molar-refractivity contribution in [2.75, 3.05) is 10.6 Å². The van der Waals surface area contributed by atoms with Gasteiger partial charge in [0.2, 0.25) is 0 Å². The second kappa shape index (κ2) is 15.6. The first kappa shape index (κ1) is 29.9. The fraction of sp³-hybridized carbons (Fsp3) is 0.0667. The van der Waals surface area contributed by atoms with Crippen LogP contribution in [0.25, 0.3) is 0 Å². The number of benzene rings is 2. The molecular weight excluding hydrogens is 597 g/mol. The van der Waals surface area contributed by atoms with Crippen LogP contribution in [0.5, 0.6) is 0 Å². The number of hydrogen-bond acceptors (Lipinski definition) is 12. The lowest BCUT2D eigenvalue weighted by atomic mass is 10.2. The van der Waals surface area contributed by atoms with E-state index in [1.807, 2.05) is 60.7 Å². The Morgan fingerprint density at radius 3 is 1.41 bits per heavy atom. The maximum absolute atomic E-state index is 12.1. The van der Waals surface area contributed by atoms with Crippen molar-refractivity contribution in [2.24, 2.45) is 0 Å². The van der Waals surface area contributed by atoms with Crippen LogP contribution in [0.2, 0.25) is 0 Å². The van der Waals surface area contributed by atoms with Crippen LogP contribution in [0.4, 0.5) is 21.9 Å². The maximum Gasteiger partial charge on any atom is 0.271 e. The van der Waals surface area contributed by atoms with Crippen LogP contribution >= 0.6 is 22.7 Å². The number of amides is 2. The zero-order valence-corrected chi connectivity index (χ0v) is 24.8. The van der Waals surface area contributed by atoms with Gasteiger partial charge in [-0.2, -0.15) is 0 Å². The predicted octanol–water partition coefficient (Wildman–Crippen LogP) is 5.21. The van der Waals surface area contributed by atoms with E-state index < -0.39 is 0 Å². The SMILES string of the molecule is O=C(NCc1ccccc1)c1csc(Nc2ccncn2)n1.O=C(NCc1ccccc1)c1csc(Nc2ccncn2)n1. The number of rotatable bonds is 10. The zero-order chi connectivity index (χ0) is 30.4. The molecule has 0 saturated carbocycles. The van der Waals surface area contributed by atoms with Gasteiger partial charge in [-0.3, -0.25) is 9.59 Å². The number of nitrogens with one attached hydrogen (secondary N) is 4. The molecule has 2 amide bonds. The van der Waals surface area contributed by atoms with Crippen molar-refractivity contribution in [1.29, 1.82) is 0 Å². The van der Waals surface area contributed by atoms with E-state index >= 15 is 0 Å². The second-order valence-electron chi connectivity index (χ2n) is 8.85. The number of hydrogen-bond donors (Lipinski definition) is 4. The van der Waals surface area contributed by atoms with Crippen molar-refractivity contribution in [2.45, 2.75) is 13.1 Å². The van der Waals surface area contributed by atoms with Crippen LogP contribution in [0, 0.1) is 0 Å². The van der Waals surface area contributed by atoms with Crippen LogP contribution in [0.1, 0.15) is 32.1 Å². The lowest BCUT2D eigenvalue weighted by Crippen LogP contribution is -2.23. The van der Waals surface area contributed by atoms with Crippen LogP contribution in [-0.2, 0) is 13.1 Å². The smallest absolute Gasteiger partial charge is 0.271 e. The van der Waals surface area contributed by atoms with Crippen LogP contribution in [0.15, 0.2) is 109 Å². The molecule has 0 atom stereocenters. The predicted molar refractivity (Wildman–Crippen MR) is 170 cm³/mol. The molecule has 14 heteroatoms. The summed E-state index contributed by atoms with van der Waals surface area (Å²) in [5.41, 5.74) is 2.87. The molecule has 44 heavy (non-hydrogen) atoms. The first-order valence-corrected chi connectivity index (χ1v) is 15.0. The minimum atomic E-state index is -0.198. The molecule has 0 spiro atoms. The summed E-state index contributed by atoms with van der Waals surface area (Å²) in [5, 5.41) is 16.4. The molecule has 2 aromatic carbocycles. The summed E-state index contributed by atoms with van der Waals surface area (Å²) in [6.07, 6.45) is 6.17. The molecule has 4 aromatic heterocycles. The summed E-state index contributed by atoms with van der Waals surface area (Å²) in [5.74, 6) is 0.882. The van der Waals surface area contributed by atoms with Gasteiger partial charge in [-0.25, -0.2) is 29.9 Å². The Labute approximate surface area is 260 Å². The summed E-state index contributed by atoms with van der Waals surface area (Å²) in [6, 6.07) is 22.9. The van der Waals surface area contributed by atoms with Crippen molar-refractivity contribution in [3.05, 3.63) is 131 Å². The highest BCUT2D eigenvalue weighted by atomic mass is 32.1. The molecular formula is C30H26N10O2S2. The van der Waals surface area contributed by atoms with Crippen molar-refractivity contribution >= 4 is 56.4 Å². The van der Waals surface area contributed by atoms with E-state index in [4.69, 9.17) is 0 Å². The third-order valence-electron chi connectivity index (χ3n) is 5.70. The Kier molecular flexibility index (Phi) is 10.6. The minimum absolute atomic E-state index is 0.198. The molecule has 0 saturated heterocycles. The topological polar surface area (TPSA) is 160 Å². The fourth-order valence-electron chi connectivity index (χ4n) is 3.56. The standard InChI is InChI=1S/2C15H13N5OS/c2*21-14(17-8-11-4-2-1-3-5-11)12-9-22-15(19-12)20-13-6-7-16-10-18-13/h2*1-7,9-10H,8H2,(H,17,21)(H,16,18,19,20). The highest BCUT2D eigenvalue weighted by Gasteiger charge is 2.12. The first-order valence-electron chi connectivity index (χ1n) is 13.2. The van der Waals surface area contributed by atoms with Gasteiger partial charge in [-0.1, -0.05) is 60.7 Å². The van der Waals surface area contributed by atoms with E-state index in [0.717, 1.165) is 11.1 Å². The molecule has 0 aliphatic carbocycles. The van der Waals surface area contributed by atoms with Gasteiger partial charge in [0, 0.05) is 36.2 Å². The molecule has 6 aromatic rings. The number of carbonyl (C=O) groups excluding carboxylic acids is 2. The van der Waals surface area contributed by atoms with Crippen LogP contribution in [0.3, 0.4) is 0 Å². The third-order valence-corrected chi connectivity index (χ3v) is 7.21. The molecule has 4 heterocycles. The molecule has 0 fully saturated rings. The van der Waals surface area contributed by atoms with E-state index in [-0.39, 0.29) is 11.8 Å². The highest BCUT2D eigenvalue weighted by molar-refractivity contribution is 7.14. The molecule has 220 valence electrons. The van der Waals surface area contributed by atoms with Crippen molar-refractivity contribution in [3.8, 4) is 0 Å². The molecule has 0 radical (unpaired) electrons. The van der Waals surface area contributed by atoms with E-state index in [1.165, 1.54) is 35.3 Å². The lowest BCUT2D eigenvalue weighted by molar-refractivity contribution is 0.0939. The number of anilines is 4. The Hall–Kier alpha value is -5.60. The van der Waals surface area contributed by atoms with E-state index in [9.17, 15) is 9.59 Å². The Morgan fingerprint density at radius 2 is 1.02 bits per heavy atom. The van der Waals surface area contributed by atoms with E-state index in [1.54, 1.807) is 35.3 Å². The summed E-state index contributed by atoms with van der Waals surface area (Å²) < 4.78 is 0. The summed E-state index contributed by atoms with van der Waals surface area (Å²) in [6.45, 7) is 0.956. The minimum Gasteiger partial charge on any atom is -0.347 e. The van der Waals surface area contributed by atoms with E-state index in [0.29, 0.717) is 46.4 Å². The monoisotopic (exact) mass is 622 g/mol. The van der Waals surface area contributed by atoms with Crippen molar-refractivity contribution in [1.82, 2.24) is 40.5 Å². The fourth-order valence-corrected chi connectivity index (χ4v) is 4.95. The average Bonchev–Trinajstić information content (AvgIpc) is 3.75. The van der Waals surface area contributed by atoms with Crippen LogP contribution in [-0.4, -0.2) is 41.7 Å². The Morgan fingerprint density at radius 1 is 0.591 bits per heavy atom. The van der Waals surface area contributed by atoms with Crippen molar-refractivity contribution in [3.63, 3.8) is 0 Å². The molecule has 4 N–H and O–H groups in total. The van der Waals surface area contributed by atoms with Crippen molar-refractivity contribution < 1.29 is 9.59 Å². The molecule has 0 aliphatic heterocycles. The van der Waals surface area contributed by atoms with E-state index in [2.05, 4.69) is 51.2 Å². The van der Waals surface area contributed by atoms with Gasteiger partial charge >= 0.3 is 0 Å². The Bertz CT molecular complexity index is 1620. The number of carbonyl (C=O) groups is 2. The zero-order valence-electron chi connectivity index (χ0n) is 23.1. The summed E-state index contributed by atoms with van der Waals surface area (Å²) >= 11 is 2.70. The van der Waals surface area contributed by atoms with Gasteiger partial charge in [0.05, 0.1) is 0 Å². The van der Waals surface area contributed by atoms with Gasteiger partial charge in [-0.15, -0.1) is 22.7 Å². The van der Waals surface area contributed by atoms with Gasteiger partial charge < -0.3 is 21.3 Å². The molecule has 0 bridgehead atoms. The second-order valence-corrected chi connectivity index (χ2v) is 10.6. The first-order chi connectivity index (χ1) is 21.6. The quantitative estimate of drug-likeness (QED) is 0.160. The lowest BCUT2D eigenvalue weighted by Gasteiger charge is -2.03. The normalized spacial score (nSPS) is 10.2. The molecule has 12 nitrogen and oxygen atoms in total. The molecule has 0 unspecified atom stereocenters. The van der Waals surface area contributed by atoms with Gasteiger partial charge in [0.15, 0.2) is 10.3 Å². The van der Waals surface area contributed by atoms with Gasteiger partial charge in [0.1, 0.15) is 35.7 Å². The van der Waals surface area contributed by atoms with Gasteiger partial charge in [-0.05, 0) is 23.3 Å². The largest absolute Gasteiger partial charge is 0.347 e. The maximum atomic E-state index is 12.1. The Balaban J connectivity index is 0.000000175.